The van der Waals surface area contributed by atoms with Gasteiger partial charge in [-0.25, -0.2) is 26.0 Å². The molecule has 14 heteroatoms. The molecule has 44 heavy (non-hydrogen) atoms. The Balaban J connectivity index is 1.36. The highest BCUT2D eigenvalue weighted by molar-refractivity contribution is 7.90. The molecule has 0 bridgehead atoms. The first-order valence-electron chi connectivity index (χ1n) is 13.5. The molecule has 0 spiro atoms. The summed E-state index contributed by atoms with van der Waals surface area (Å²) in [6.45, 7) is -0.816. The lowest BCUT2D eigenvalue weighted by atomic mass is 9.95. The number of sulfone groups is 1. The SMILES string of the molecule is CS(=O)(=O)c1ccc(-c2cccnc2[C@H](Cc2cc(F)cc(F)c2)NC(=O)Cn2nc(C(F)F)c3c2C(F)(F)C2CC32)cc1. The molecule has 2 unspecified atom stereocenters. The predicted octanol–water partition coefficient (Wildman–Crippen LogP) is 5.87. The number of amides is 1. The molecule has 1 amide bonds. The van der Waals surface area contributed by atoms with Crippen LogP contribution in [0.3, 0.4) is 0 Å². The van der Waals surface area contributed by atoms with Gasteiger partial charge >= 0.3 is 0 Å². The quantitative estimate of drug-likeness (QED) is 0.233. The molecule has 2 heterocycles. The smallest absolute Gasteiger partial charge is 0.293 e. The molecule has 2 aromatic heterocycles. The van der Waals surface area contributed by atoms with E-state index in [4.69, 9.17) is 0 Å². The molecule has 2 aliphatic rings. The summed E-state index contributed by atoms with van der Waals surface area (Å²) in [7, 11) is -3.49. The Hall–Kier alpha value is -4.20. The highest BCUT2D eigenvalue weighted by Crippen LogP contribution is 2.68. The molecule has 2 aliphatic carbocycles. The van der Waals surface area contributed by atoms with Crippen molar-refractivity contribution in [3.8, 4) is 11.1 Å². The topological polar surface area (TPSA) is 94.0 Å². The van der Waals surface area contributed by atoms with Crippen molar-refractivity contribution >= 4 is 15.7 Å². The summed E-state index contributed by atoms with van der Waals surface area (Å²) in [6.07, 6.45) is -0.761. The summed E-state index contributed by atoms with van der Waals surface area (Å²) in [5, 5.41) is 6.35. The molecular formula is C30H24F6N4O3S. The first-order chi connectivity index (χ1) is 20.7. The number of hydrogen-bond acceptors (Lipinski definition) is 5. The van der Waals surface area contributed by atoms with Crippen molar-refractivity contribution in [3.63, 3.8) is 0 Å². The fourth-order valence-electron chi connectivity index (χ4n) is 5.95. The van der Waals surface area contributed by atoms with Crippen LogP contribution in [0.1, 0.15) is 53.0 Å². The maximum absolute atomic E-state index is 15.0. The number of hydrogen-bond donors (Lipinski definition) is 1. The van der Waals surface area contributed by atoms with Crippen LogP contribution in [0, 0.1) is 17.6 Å². The molecule has 4 aromatic rings. The lowest BCUT2D eigenvalue weighted by Crippen LogP contribution is -2.35. The van der Waals surface area contributed by atoms with E-state index in [0.717, 1.165) is 18.4 Å². The lowest BCUT2D eigenvalue weighted by Gasteiger charge is -2.22. The number of halogens is 6. The van der Waals surface area contributed by atoms with Gasteiger partial charge in [-0.3, -0.25) is 14.5 Å². The van der Waals surface area contributed by atoms with E-state index in [-0.39, 0.29) is 34.6 Å². The highest BCUT2D eigenvalue weighted by atomic mass is 32.2. The number of benzene rings is 2. The van der Waals surface area contributed by atoms with Gasteiger partial charge in [-0.05, 0) is 60.2 Å². The second-order valence-corrected chi connectivity index (χ2v) is 13.0. The average Bonchev–Trinajstić information content (AvgIpc) is 3.60. The van der Waals surface area contributed by atoms with Gasteiger partial charge < -0.3 is 5.32 Å². The van der Waals surface area contributed by atoms with Crippen molar-refractivity contribution in [2.75, 3.05) is 6.26 Å². The van der Waals surface area contributed by atoms with Crippen LogP contribution in [0.4, 0.5) is 26.3 Å². The van der Waals surface area contributed by atoms with Crippen LogP contribution >= 0.6 is 0 Å². The van der Waals surface area contributed by atoms with Crippen molar-refractivity contribution < 1.29 is 39.6 Å². The number of fused-ring (bicyclic) bond motifs is 3. The van der Waals surface area contributed by atoms with Gasteiger partial charge in [-0.2, -0.15) is 13.9 Å². The van der Waals surface area contributed by atoms with Crippen molar-refractivity contribution in [2.24, 2.45) is 5.92 Å². The second kappa shape index (κ2) is 10.8. The molecule has 0 aliphatic heterocycles. The number of carbonyl (C=O) groups excluding carboxylic acids is 1. The fraction of sp³-hybridized carbons (Fsp3) is 0.300. The minimum atomic E-state index is -3.49. The molecule has 6 rings (SSSR count). The Morgan fingerprint density at radius 2 is 1.75 bits per heavy atom. The Kier molecular flexibility index (Phi) is 7.30. The van der Waals surface area contributed by atoms with E-state index in [0.29, 0.717) is 21.9 Å². The van der Waals surface area contributed by atoms with Crippen LogP contribution in [0.5, 0.6) is 0 Å². The van der Waals surface area contributed by atoms with Crippen LogP contribution in [0.25, 0.3) is 11.1 Å². The van der Waals surface area contributed by atoms with E-state index < -0.39 is 75.5 Å². The monoisotopic (exact) mass is 634 g/mol. The largest absolute Gasteiger partial charge is 0.346 e. The van der Waals surface area contributed by atoms with E-state index in [1.165, 1.54) is 30.5 Å². The van der Waals surface area contributed by atoms with Crippen molar-refractivity contribution in [1.29, 1.82) is 0 Å². The highest BCUT2D eigenvalue weighted by Gasteiger charge is 2.67. The third-order valence-corrected chi connectivity index (χ3v) is 9.05. The van der Waals surface area contributed by atoms with Crippen molar-refractivity contribution in [2.45, 2.75) is 48.6 Å². The van der Waals surface area contributed by atoms with Crippen LogP contribution in [-0.4, -0.2) is 35.3 Å². The Morgan fingerprint density at radius 1 is 1.07 bits per heavy atom. The van der Waals surface area contributed by atoms with Crippen LogP contribution in [-0.2, 0) is 33.5 Å². The normalized spacial score (nSPS) is 19.0. The molecule has 1 saturated carbocycles. The third-order valence-electron chi connectivity index (χ3n) is 7.92. The molecule has 2 aromatic carbocycles. The number of rotatable bonds is 9. The Bertz CT molecular complexity index is 1860. The summed E-state index contributed by atoms with van der Waals surface area (Å²) in [4.78, 5) is 17.8. The molecule has 1 fully saturated rings. The molecule has 230 valence electrons. The van der Waals surface area contributed by atoms with Gasteiger partial charge in [0.1, 0.15) is 29.6 Å². The molecule has 3 atom stereocenters. The van der Waals surface area contributed by atoms with Crippen LogP contribution < -0.4 is 5.32 Å². The predicted molar refractivity (Wildman–Crippen MR) is 146 cm³/mol. The number of pyridine rings is 1. The molecular weight excluding hydrogens is 610 g/mol. The zero-order chi connectivity index (χ0) is 31.6. The van der Waals surface area contributed by atoms with E-state index in [9.17, 15) is 30.8 Å². The van der Waals surface area contributed by atoms with Crippen LogP contribution in [0.2, 0.25) is 0 Å². The zero-order valence-corrected chi connectivity index (χ0v) is 23.8. The second-order valence-electron chi connectivity index (χ2n) is 11.0. The maximum Gasteiger partial charge on any atom is 0.293 e. The fourth-order valence-corrected chi connectivity index (χ4v) is 6.59. The van der Waals surface area contributed by atoms with Gasteiger partial charge in [-0.1, -0.05) is 18.2 Å². The lowest BCUT2D eigenvalue weighted by molar-refractivity contribution is -0.123. The third kappa shape index (κ3) is 5.46. The summed E-state index contributed by atoms with van der Waals surface area (Å²) >= 11 is 0. The van der Waals surface area contributed by atoms with E-state index in [1.54, 1.807) is 12.1 Å². The molecule has 1 N–H and O–H groups in total. The zero-order valence-electron chi connectivity index (χ0n) is 22.9. The first-order valence-corrected chi connectivity index (χ1v) is 15.4. The van der Waals surface area contributed by atoms with Crippen molar-refractivity contribution in [3.05, 3.63) is 101 Å². The number of nitrogens with zero attached hydrogens (tertiary/aromatic N) is 3. The Labute approximate surface area is 247 Å². The number of carbonyl (C=O) groups is 1. The summed E-state index contributed by atoms with van der Waals surface area (Å²) in [6, 6.07) is 10.8. The molecule has 0 saturated heterocycles. The average molecular weight is 635 g/mol. The summed E-state index contributed by atoms with van der Waals surface area (Å²) in [5.74, 6) is -7.88. The summed E-state index contributed by atoms with van der Waals surface area (Å²) < 4.78 is 110. The maximum atomic E-state index is 15.0. The van der Waals surface area contributed by atoms with Gasteiger partial charge in [0.2, 0.25) is 5.91 Å². The number of nitrogens with one attached hydrogen (secondary N) is 1. The van der Waals surface area contributed by atoms with Crippen molar-refractivity contribution in [1.82, 2.24) is 20.1 Å². The summed E-state index contributed by atoms with van der Waals surface area (Å²) in [5.41, 5.74) is -0.353. The van der Waals surface area contributed by atoms with E-state index in [2.05, 4.69) is 15.4 Å². The van der Waals surface area contributed by atoms with Gasteiger partial charge in [0.15, 0.2) is 9.84 Å². The van der Waals surface area contributed by atoms with Gasteiger partial charge in [0.05, 0.1) is 16.6 Å². The molecule has 7 nitrogen and oxygen atoms in total. The van der Waals surface area contributed by atoms with Gasteiger partial charge in [0, 0.05) is 35.6 Å². The van der Waals surface area contributed by atoms with Crippen LogP contribution in [0.15, 0.2) is 65.7 Å². The van der Waals surface area contributed by atoms with Gasteiger partial charge in [-0.15, -0.1) is 0 Å². The van der Waals surface area contributed by atoms with E-state index >= 15 is 8.78 Å². The molecule has 0 radical (unpaired) electrons. The van der Waals surface area contributed by atoms with E-state index in [1.807, 2.05) is 0 Å². The number of aromatic nitrogens is 3. The minimum absolute atomic E-state index is 0.0659. The van der Waals surface area contributed by atoms with Gasteiger partial charge in [0.25, 0.3) is 12.3 Å². The first kappa shape index (κ1) is 29.9. The number of alkyl halides is 4. The Morgan fingerprint density at radius 3 is 2.39 bits per heavy atom. The minimum Gasteiger partial charge on any atom is -0.346 e. The standard InChI is InChI=1S/C30H24F6N4O3S/c1-44(42,43)19-6-4-16(5-7-19)20-3-2-8-37-26(20)23(11-15-9-17(31)12-18(32)10-15)38-24(41)14-40-28-25(27(39-40)29(33)34)21-13-22(21)30(28,35)36/h2-10,12,21-23,29H,11,13-14H2,1H3,(H,38,41)/t21?,22?,23-/m0/s1.